The first-order chi connectivity index (χ1) is 12.9. The van der Waals surface area contributed by atoms with Crippen LogP contribution in [0.1, 0.15) is 45.2 Å². The van der Waals surface area contributed by atoms with E-state index in [0.717, 1.165) is 30.5 Å². The third-order valence-electron chi connectivity index (χ3n) is 4.64. The predicted molar refractivity (Wildman–Crippen MR) is 96.1 cm³/mol. The molecule has 0 spiro atoms. The first-order valence-corrected chi connectivity index (χ1v) is 8.38. The molecule has 1 amide bonds. The molecule has 1 unspecified atom stereocenters. The number of carbonyl (C=O) groups is 2. The van der Waals surface area contributed by atoms with E-state index in [1.807, 2.05) is 24.3 Å². The van der Waals surface area contributed by atoms with Crippen molar-refractivity contribution in [1.82, 2.24) is 4.90 Å². The summed E-state index contributed by atoms with van der Waals surface area (Å²) in [5.74, 6) is -1.03. The number of carboxylic acid groups (broad SMARTS) is 1. The number of aromatic carboxylic acids is 1. The van der Waals surface area contributed by atoms with E-state index < -0.39 is 22.5 Å². The van der Waals surface area contributed by atoms with Gasteiger partial charge in [-0.3, -0.25) is 14.9 Å². The van der Waals surface area contributed by atoms with Crippen LogP contribution in [-0.4, -0.2) is 40.5 Å². The smallest absolute Gasteiger partial charge is 0.335 e. The zero-order chi connectivity index (χ0) is 19.6. The number of hydrogen-bond acceptors (Lipinski definition) is 5. The Morgan fingerprint density at radius 1 is 1.19 bits per heavy atom. The van der Waals surface area contributed by atoms with Gasteiger partial charge in [-0.05, 0) is 36.6 Å². The standard InChI is InChI=1S/C19H18N2O6/c1-27-16-6-4-12(5-7-16)17-3-2-8-20(17)18(22)13-9-14(19(23)24)11-15(10-13)21(25)26/h4-7,9-11,17H,2-3,8H2,1H3,(H,23,24). The van der Waals surface area contributed by atoms with E-state index in [-0.39, 0.29) is 17.2 Å². The number of amides is 1. The lowest BCUT2D eigenvalue weighted by atomic mass is 10.0. The molecule has 1 aliphatic rings. The fourth-order valence-corrected chi connectivity index (χ4v) is 3.31. The maximum absolute atomic E-state index is 13.0. The molecule has 1 atom stereocenters. The van der Waals surface area contributed by atoms with Gasteiger partial charge >= 0.3 is 5.97 Å². The van der Waals surface area contributed by atoms with Crippen LogP contribution in [0.25, 0.3) is 0 Å². The van der Waals surface area contributed by atoms with Crippen molar-refractivity contribution in [3.63, 3.8) is 0 Å². The number of hydrogen-bond donors (Lipinski definition) is 1. The summed E-state index contributed by atoms with van der Waals surface area (Å²) in [6.07, 6.45) is 1.56. The van der Waals surface area contributed by atoms with E-state index in [9.17, 15) is 24.8 Å². The van der Waals surface area contributed by atoms with Gasteiger partial charge in [0.25, 0.3) is 11.6 Å². The SMILES string of the molecule is COc1ccc(C2CCCN2C(=O)c2cc(C(=O)O)cc([N+](=O)[O-])c2)cc1. The molecule has 8 nitrogen and oxygen atoms in total. The first-order valence-electron chi connectivity index (χ1n) is 8.38. The fourth-order valence-electron chi connectivity index (χ4n) is 3.31. The number of non-ortho nitro benzene ring substituents is 1. The van der Waals surface area contributed by atoms with Crippen molar-refractivity contribution in [2.24, 2.45) is 0 Å². The minimum absolute atomic E-state index is 0.00186. The average molecular weight is 370 g/mol. The molecule has 0 bridgehead atoms. The maximum atomic E-state index is 13.0. The summed E-state index contributed by atoms with van der Waals surface area (Å²) in [7, 11) is 1.57. The molecule has 1 saturated heterocycles. The van der Waals surface area contributed by atoms with Crippen molar-refractivity contribution >= 4 is 17.6 Å². The molecule has 140 valence electrons. The van der Waals surface area contributed by atoms with Crippen LogP contribution in [0.5, 0.6) is 5.75 Å². The van der Waals surface area contributed by atoms with Gasteiger partial charge in [-0.1, -0.05) is 12.1 Å². The molecule has 2 aromatic rings. The summed E-state index contributed by atoms with van der Waals surface area (Å²) in [5, 5.41) is 20.3. The summed E-state index contributed by atoms with van der Waals surface area (Å²) < 4.78 is 5.15. The summed E-state index contributed by atoms with van der Waals surface area (Å²) in [4.78, 5) is 36.3. The predicted octanol–water partition coefficient (Wildman–Crippen LogP) is 3.28. The number of benzene rings is 2. The molecule has 3 rings (SSSR count). The molecule has 0 saturated carbocycles. The van der Waals surface area contributed by atoms with Crippen LogP contribution in [0, 0.1) is 10.1 Å². The van der Waals surface area contributed by atoms with E-state index >= 15 is 0 Å². The van der Waals surface area contributed by atoms with Crippen molar-refractivity contribution in [1.29, 1.82) is 0 Å². The second kappa shape index (κ2) is 7.45. The molecule has 27 heavy (non-hydrogen) atoms. The van der Waals surface area contributed by atoms with E-state index in [2.05, 4.69) is 0 Å². The molecule has 1 heterocycles. The Bertz CT molecular complexity index is 861. The summed E-state index contributed by atoms with van der Waals surface area (Å²) in [6.45, 7) is 0.501. The zero-order valence-electron chi connectivity index (χ0n) is 14.6. The largest absolute Gasteiger partial charge is 0.497 e. The molecule has 1 fully saturated rings. The van der Waals surface area contributed by atoms with Gasteiger partial charge in [-0.2, -0.15) is 0 Å². The van der Waals surface area contributed by atoms with Crippen molar-refractivity contribution in [3.05, 3.63) is 69.3 Å². The maximum Gasteiger partial charge on any atom is 0.335 e. The Balaban J connectivity index is 1.93. The fraction of sp³-hybridized carbons (Fsp3) is 0.263. The van der Waals surface area contributed by atoms with Gasteiger partial charge in [0.15, 0.2) is 0 Å². The monoisotopic (exact) mass is 370 g/mol. The zero-order valence-corrected chi connectivity index (χ0v) is 14.6. The Hall–Kier alpha value is -3.42. The number of rotatable bonds is 5. The summed E-state index contributed by atoms with van der Waals surface area (Å²) in [6, 6.07) is 10.5. The summed E-state index contributed by atoms with van der Waals surface area (Å²) >= 11 is 0. The Labute approximate surface area is 155 Å². The highest BCUT2D eigenvalue weighted by Crippen LogP contribution is 2.34. The van der Waals surface area contributed by atoms with Gasteiger partial charge < -0.3 is 14.7 Å². The second-order valence-corrected chi connectivity index (χ2v) is 6.26. The first kappa shape index (κ1) is 18.4. The highest BCUT2D eigenvalue weighted by atomic mass is 16.6. The third-order valence-corrected chi connectivity index (χ3v) is 4.64. The normalized spacial score (nSPS) is 16.2. The van der Waals surface area contributed by atoms with E-state index in [1.54, 1.807) is 12.0 Å². The molecular formula is C19H18N2O6. The number of methoxy groups -OCH3 is 1. The molecular weight excluding hydrogens is 352 g/mol. The van der Waals surface area contributed by atoms with E-state index in [0.29, 0.717) is 12.3 Å². The van der Waals surface area contributed by atoms with Gasteiger partial charge in [0.2, 0.25) is 0 Å². The van der Waals surface area contributed by atoms with Crippen LogP contribution in [0.4, 0.5) is 5.69 Å². The number of carbonyl (C=O) groups excluding carboxylic acids is 1. The van der Waals surface area contributed by atoms with Gasteiger partial charge in [-0.25, -0.2) is 4.79 Å². The lowest BCUT2D eigenvalue weighted by Crippen LogP contribution is -2.30. The van der Waals surface area contributed by atoms with Crippen LogP contribution in [0.15, 0.2) is 42.5 Å². The molecule has 0 aromatic heterocycles. The lowest BCUT2D eigenvalue weighted by Gasteiger charge is -2.25. The number of likely N-dealkylation sites (tertiary alicyclic amines) is 1. The van der Waals surface area contributed by atoms with Crippen molar-refractivity contribution in [2.75, 3.05) is 13.7 Å². The summed E-state index contributed by atoms with van der Waals surface area (Å²) in [5.41, 5.74) is 0.235. The van der Waals surface area contributed by atoms with Gasteiger partial charge in [-0.15, -0.1) is 0 Å². The number of nitro benzene ring substituents is 1. The molecule has 0 aliphatic carbocycles. The van der Waals surface area contributed by atoms with Crippen LogP contribution in [-0.2, 0) is 0 Å². The van der Waals surface area contributed by atoms with Crippen LogP contribution < -0.4 is 4.74 Å². The van der Waals surface area contributed by atoms with Crippen LogP contribution >= 0.6 is 0 Å². The number of nitrogens with zero attached hydrogens (tertiary/aromatic N) is 2. The van der Waals surface area contributed by atoms with Gasteiger partial charge in [0.1, 0.15) is 5.75 Å². The minimum atomic E-state index is -1.32. The minimum Gasteiger partial charge on any atom is -0.497 e. The van der Waals surface area contributed by atoms with Crippen LogP contribution in [0.2, 0.25) is 0 Å². The van der Waals surface area contributed by atoms with E-state index in [1.165, 1.54) is 6.07 Å². The highest BCUT2D eigenvalue weighted by molar-refractivity contribution is 5.98. The van der Waals surface area contributed by atoms with Crippen molar-refractivity contribution in [2.45, 2.75) is 18.9 Å². The third kappa shape index (κ3) is 3.74. The number of nitro groups is 1. The molecule has 1 aliphatic heterocycles. The van der Waals surface area contributed by atoms with Gasteiger partial charge in [0, 0.05) is 24.2 Å². The Morgan fingerprint density at radius 2 is 1.85 bits per heavy atom. The molecule has 1 N–H and O–H groups in total. The number of ether oxygens (including phenoxy) is 1. The molecule has 0 radical (unpaired) electrons. The Morgan fingerprint density at radius 3 is 2.44 bits per heavy atom. The molecule has 2 aromatic carbocycles. The van der Waals surface area contributed by atoms with Crippen LogP contribution in [0.3, 0.4) is 0 Å². The van der Waals surface area contributed by atoms with E-state index in [4.69, 9.17) is 4.74 Å². The second-order valence-electron chi connectivity index (χ2n) is 6.26. The quantitative estimate of drug-likeness (QED) is 0.639. The van der Waals surface area contributed by atoms with Crippen molar-refractivity contribution in [3.8, 4) is 5.75 Å². The lowest BCUT2D eigenvalue weighted by molar-refractivity contribution is -0.384. The topological polar surface area (TPSA) is 110 Å². The molecule has 8 heteroatoms. The van der Waals surface area contributed by atoms with Gasteiger partial charge in [0.05, 0.1) is 23.6 Å². The highest BCUT2D eigenvalue weighted by Gasteiger charge is 2.31. The van der Waals surface area contributed by atoms with Crippen molar-refractivity contribution < 1.29 is 24.4 Å². The number of carboxylic acids is 1. The Kier molecular flexibility index (Phi) is 5.07. The average Bonchev–Trinajstić information content (AvgIpc) is 3.16.